The summed E-state index contributed by atoms with van der Waals surface area (Å²) >= 11 is 3.48. The van der Waals surface area contributed by atoms with Crippen LogP contribution in [0.5, 0.6) is 0 Å². The third-order valence-corrected chi connectivity index (χ3v) is 10.8. The van der Waals surface area contributed by atoms with Crippen LogP contribution in [0.1, 0.15) is 0 Å². The molecule has 0 saturated carbocycles. The molecule has 0 aliphatic carbocycles. The predicted octanol–water partition coefficient (Wildman–Crippen LogP) is 11.2. The molecule has 0 saturated heterocycles. The topological polar surface area (TPSA) is 51.8 Å². The summed E-state index contributed by atoms with van der Waals surface area (Å²) in [4.78, 5) is 14.7. The van der Waals surface area contributed by atoms with E-state index in [9.17, 15) is 8.78 Å². The number of furan rings is 1. The van der Waals surface area contributed by atoms with E-state index < -0.39 is 0 Å². The molecular weight excluding hydrogens is 605 g/mol. The first kappa shape index (κ1) is 25.1. The highest BCUT2D eigenvalue weighted by Crippen LogP contribution is 2.51. The summed E-state index contributed by atoms with van der Waals surface area (Å²) in [7, 11) is 0. The summed E-state index contributed by atoms with van der Waals surface area (Å²) in [5.74, 6) is 0.619. The van der Waals surface area contributed by atoms with E-state index in [0.29, 0.717) is 28.6 Å². The molecule has 4 aromatic heterocycles. The molecule has 45 heavy (non-hydrogen) atoms. The molecule has 10 aromatic rings. The molecule has 8 heteroatoms. The number of fused-ring (bicyclic) bond motifs is 2. The fourth-order valence-corrected chi connectivity index (χ4v) is 8.98. The zero-order chi connectivity index (χ0) is 29.8. The first-order chi connectivity index (χ1) is 22.1. The third-order valence-electron chi connectivity index (χ3n) is 8.44. The number of thiophene rings is 1. The van der Waals surface area contributed by atoms with Crippen LogP contribution >= 0.6 is 22.7 Å². The van der Waals surface area contributed by atoms with Gasteiger partial charge < -0.3 is 4.42 Å². The third kappa shape index (κ3) is 3.64. The molecule has 0 amide bonds. The van der Waals surface area contributed by atoms with Crippen molar-refractivity contribution in [3.05, 3.63) is 115 Å². The zero-order valence-corrected chi connectivity index (χ0v) is 24.8. The van der Waals surface area contributed by atoms with Gasteiger partial charge in [-0.1, -0.05) is 24.3 Å². The van der Waals surface area contributed by atoms with Gasteiger partial charge >= 0.3 is 0 Å². The van der Waals surface area contributed by atoms with Crippen LogP contribution in [0.3, 0.4) is 0 Å². The van der Waals surface area contributed by atoms with E-state index in [4.69, 9.17) is 19.4 Å². The van der Waals surface area contributed by atoms with Gasteiger partial charge in [0.05, 0.1) is 0 Å². The fraction of sp³-hybridized carbons (Fsp3) is 0. The number of nitrogens with zero attached hydrogens (tertiary/aromatic N) is 3. The van der Waals surface area contributed by atoms with E-state index in [1.54, 1.807) is 46.9 Å². The minimum absolute atomic E-state index is 0.343. The molecule has 4 heterocycles. The summed E-state index contributed by atoms with van der Waals surface area (Å²) in [6, 6.07) is 31.2. The Morgan fingerprint density at radius 2 is 1.16 bits per heavy atom. The van der Waals surface area contributed by atoms with Crippen molar-refractivity contribution in [2.75, 3.05) is 0 Å². The van der Waals surface area contributed by atoms with Crippen molar-refractivity contribution in [3.63, 3.8) is 0 Å². The molecule has 6 aromatic carbocycles. The fourth-order valence-electron chi connectivity index (χ4n) is 6.40. The Kier molecular flexibility index (Phi) is 5.07. The van der Waals surface area contributed by atoms with Crippen LogP contribution in [0, 0.1) is 11.6 Å². The average Bonchev–Trinajstić information content (AvgIpc) is 3.58. The second-order valence-corrected chi connectivity index (χ2v) is 13.2. The SMILES string of the molecule is Fc1ccc(-c2nc(-c3ccc(F)cc3)nc(-c3ccc4sc5ccc6oc7cc8ccccc8c8sc3c4c5c6c78)n2)cc1. The Hall–Kier alpha value is -5.31. The Morgan fingerprint density at radius 3 is 1.89 bits per heavy atom. The summed E-state index contributed by atoms with van der Waals surface area (Å²) in [5, 5.41) is 6.84. The van der Waals surface area contributed by atoms with Gasteiger partial charge in [-0.3, -0.25) is 0 Å². The van der Waals surface area contributed by atoms with Crippen LogP contribution in [0.25, 0.3) is 96.4 Å². The van der Waals surface area contributed by atoms with Gasteiger partial charge in [-0.15, -0.1) is 22.7 Å². The molecule has 0 radical (unpaired) electrons. The van der Waals surface area contributed by atoms with Crippen molar-refractivity contribution in [1.29, 1.82) is 0 Å². The van der Waals surface area contributed by atoms with Gasteiger partial charge in [0.25, 0.3) is 0 Å². The second-order valence-electron chi connectivity index (χ2n) is 11.1. The van der Waals surface area contributed by atoms with Gasteiger partial charge in [-0.05, 0) is 89.6 Å². The lowest BCUT2D eigenvalue weighted by Gasteiger charge is -2.10. The predicted molar refractivity (Wildman–Crippen MR) is 180 cm³/mol. The monoisotopic (exact) mass is 621 g/mol. The molecule has 10 rings (SSSR count). The standard InChI is InChI=1S/C37H17F2N3OS2/c38-21-9-5-18(6-10-21)35-40-36(19-7-11-22(39)12-8-19)42-37(41-35)24-13-15-28-32-31-27(44-28)16-14-25-29(31)30-26(43-25)17-20-3-1-2-4-23(20)33(30)45-34(24)32/h1-17H. The highest BCUT2D eigenvalue weighted by Gasteiger charge is 2.24. The van der Waals surface area contributed by atoms with Crippen LogP contribution in [0.4, 0.5) is 8.78 Å². The van der Waals surface area contributed by atoms with Gasteiger partial charge in [-0.2, -0.15) is 0 Å². The molecule has 212 valence electrons. The van der Waals surface area contributed by atoms with Gasteiger partial charge in [0.1, 0.15) is 22.8 Å². The Morgan fingerprint density at radius 1 is 0.511 bits per heavy atom. The number of hydrogen-bond donors (Lipinski definition) is 0. The minimum atomic E-state index is -0.343. The van der Waals surface area contributed by atoms with Crippen LogP contribution in [0.15, 0.2) is 108 Å². The minimum Gasteiger partial charge on any atom is -0.456 e. The molecule has 0 bridgehead atoms. The number of rotatable bonds is 3. The first-order valence-corrected chi connectivity index (χ1v) is 15.9. The molecule has 0 atom stereocenters. The summed E-state index contributed by atoms with van der Waals surface area (Å²) in [6.07, 6.45) is 0. The lowest BCUT2D eigenvalue weighted by Crippen LogP contribution is -2.00. The van der Waals surface area contributed by atoms with E-state index in [2.05, 4.69) is 48.5 Å². The normalized spacial score (nSPS) is 12.2. The van der Waals surface area contributed by atoms with Crippen LogP contribution < -0.4 is 0 Å². The lowest BCUT2D eigenvalue weighted by molar-refractivity contribution is 0.627. The van der Waals surface area contributed by atoms with Gasteiger partial charge in [0, 0.05) is 57.0 Å². The maximum absolute atomic E-state index is 13.9. The summed E-state index contributed by atoms with van der Waals surface area (Å²) < 4.78 is 38.8. The van der Waals surface area contributed by atoms with Gasteiger partial charge in [0.2, 0.25) is 0 Å². The Bertz CT molecular complexity index is 2720. The van der Waals surface area contributed by atoms with E-state index in [-0.39, 0.29) is 11.6 Å². The zero-order valence-electron chi connectivity index (χ0n) is 23.1. The van der Waals surface area contributed by atoms with Crippen molar-refractivity contribution in [3.8, 4) is 34.2 Å². The molecule has 0 spiro atoms. The van der Waals surface area contributed by atoms with Crippen LogP contribution in [-0.2, 0) is 0 Å². The summed E-state index contributed by atoms with van der Waals surface area (Å²) in [5.41, 5.74) is 3.91. The van der Waals surface area contributed by atoms with Crippen LogP contribution in [0.2, 0.25) is 0 Å². The molecule has 0 aliphatic heterocycles. The molecular formula is C37H17F2N3OS2. The quantitative estimate of drug-likeness (QED) is 0.197. The number of aromatic nitrogens is 3. The van der Waals surface area contributed by atoms with E-state index in [1.165, 1.54) is 39.1 Å². The average molecular weight is 622 g/mol. The van der Waals surface area contributed by atoms with Gasteiger partial charge in [-0.25, -0.2) is 23.7 Å². The smallest absolute Gasteiger partial charge is 0.165 e. The maximum atomic E-state index is 13.9. The molecule has 0 unspecified atom stereocenters. The van der Waals surface area contributed by atoms with Crippen molar-refractivity contribution < 1.29 is 13.2 Å². The number of hydrogen-bond acceptors (Lipinski definition) is 6. The first-order valence-electron chi connectivity index (χ1n) is 14.3. The van der Waals surface area contributed by atoms with E-state index in [1.807, 2.05) is 6.07 Å². The molecule has 0 aliphatic rings. The Labute approximate surface area is 261 Å². The second kappa shape index (κ2) is 9.11. The number of halogens is 2. The molecule has 0 N–H and O–H groups in total. The number of benzene rings is 6. The lowest BCUT2D eigenvalue weighted by atomic mass is 10.0. The molecule has 4 nitrogen and oxygen atoms in total. The highest BCUT2D eigenvalue weighted by atomic mass is 32.1. The van der Waals surface area contributed by atoms with Crippen molar-refractivity contribution in [1.82, 2.24) is 15.0 Å². The highest BCUT2D eigenvalue weighted by molar-refractivity contribution is 7.29. The van der Waals surface area contributed by atoms with Gasteiger partial charge in [0.15, 0.2) is 17.5 Å². The Balaban J connectivity index is 1.36. The maximum Gasteiger partial charge on any atom is 0.165 e. The summed E-state index contributed by atoms with van der Waals surface area (Å²) in [6.45, 7) is 0. The van der Waals surface area contributed by atoms with E-state index in [0.717, 1.165) is 53.1 Å². The molecule has 0 fully saturated rings. The van der Waals surface area contributed by atoms with Crippen molar-refractivity contribution in [2.45, 2.75) is 0 Å². The van der Waals surface area contributed by atoms with Crippen molar-refractivity contribution >= 4 is 85.0 Å². The van der Waals surface area contributed by atoms with Crippen LogP contribution in [-0.4, -0.2) is 15.0 Å². The largest absolute Gasteiger partial charge is 0.456 e. The van der Waals surface area contributed by atoms with Crippen molar-refractivity contribution in [2.24, 2.45) is 0 Å². The van der Waals surface area contributed by atoms with E-state index >= 15 is 0 Å².